The van der Waals surface area contributed by atoms with Gasteiger partial charge in [-0.1, -0.05) is 30.3 Å². The van der Waals surface area contributed by atoms with Crippen LogP contribution in [-0.2, 0) is 11.2 Å². The van der Waals surface area contributed by atoms with Crippen LogP contribution in [0.15, 0.2) is 58.4 Å². The monoisotopic (exact) mass is 446 g/mol. The molecule has 1 aliphatic heterocycles. The smallest absolute Gasteiger partial charge is 0.232 e. The zero-order chi connectivity index (χ0) is 22.1. The molecule has 3 heterocycles. The lowest BCUT2D eigenvalue weighted by molar-refractivity contribution is -0.117. The number of aryl methyl sites for hydroxylation is 1. The number of ether oxygens (including phenoxy) is 1. The fourth-order valence-electron chi connectivity index (χ4n) is 3.83. The number of hydrogen-bond donors (Lipinski definition) is 0. The summed E-state index contributed by atoms with van der Waals surface area (Å²) in [6.07, 6.45) is 1.26. The molecule has 2 aromatic carbocycles. The number of anilines is 1. The van der Waals surface area contributed by atoms with Crippen molar-refractivity contribution in [3.8, 4) is 28.4 Å². The van der Waals surface area contributed by atoms with Gasteiger partial charge in [0.1, 0.15) is 5.75 Å². The molecule has 0 saturated carbocycles. The molecule has 1 saturated heterocycles. The van der Waals surface area contributed by atoms with E-state index in [1.807, 2.05) is 48.5 Å². The number of aromatic nitrogens is 3. The molecular weight excluding hydrogens is 424 g/mol. The third-order valence-electron chi connectivity index (χ3n) is 5.57. The van der Waals surface area contributed by atoms with E-state index in [0.29, 0.717) is 24.7 Å². The lowest BCUT2D eigenvalue weighted by Gasteiger charge is -2.16. The van der Waals surface area contributed by atoms with Gasteiger partial charge in [0.05, 0.1) is 23.7 Å². The number of benzene rings is 2. The lowest BCUT2D eigenvalue weighted by atomic mass is 10.1. The first-order valence-electron chi connectivity index (χ1n) is 10.5. The Morgan fingerprint density at radius 3 is 2.72 bits per heavy atom. The number of nitrogens with zero attached hydrogens (tertiary/aromatic N) is 4. The van der Waals surface area contributed by atoms with Crippen molar-refractivity contribution < 1.29 is 14.1 Å². The first-order valence-corrected chi connectivity index (χ1v) is 11.4. The number of methoxy groups -OCH3 is 1. The number of hydrogen-bond acceptors (Lipinski definition) is 7. The third kappa shape index (κ3) is 3.89. The molecule has 32 heavy (non-hydrogen) atoms. The average Bonchev–Trinajstić information content (AvgIpc) is 3.59. The first-order chi connectivity index (χ1) is 15.6. The SMILES string of the molecule is CCc1nc(-c2cccc(-c3noc([C@H]4CC(=O)N(c5ccc(OC)cc5)C4)n3)c2)cs1. The number of rotatable bonds is 6. The molecule has 162 valence electrons. The maximum absolute atomic E-state index is 12.6. The second kappa shape index (κ2) is 8.55. The maximum atomic E-state index is 12.6. The average molecular weight is 447 g/mol. The predicted octanol–water partition coefficient (Wildman–Crippen LogP) is 4.95. The largest absolute Gasteiger partial charge is 0.497 e. The highest BCUT2D eigenvalue weighted by molar-refractivity contribution is 7.09. The van der Waals surface area contributed by atoms with Crippen LogP contribution in [0.2, 0.25) is 0 Å². The van der Waals surface area contributed by atoms with Gasteiger partial charge in [-0.15, -0.1) is 11.3 Å². The summed E-state index contributed by atoms with van der Waals surface area (Å²) >= 11 is 1.66. The minimum atomic E-state index is -0.139. The molecule has 1 fully saturated rings. The van der Waals surface area contributed by atoms with Gasteiger partial charge in [-0.2, -0.15) is 4.98 Å². The Morgan fingerprint density at radius 1 is 1.16 bits per heavy atom. The van der Waals surface area contributed by atoms with Crippen LogP contribution in [0, 0.1) is 0 Å². The summed E-state index contributed by atoms with van der Waals surface area (Å²) in [6, 6.07) is 15.4. The summed E-state index contributed by atoms with van der Waals surface area (Å²) in [4.78, 5) is 23.6. The van der Waals surface area contributed by atoms with Crippen LogP contribution in [0.25, 0.3) is 22.6 Å². The molecular formula is C24H22N4O3S. The maximum Gasteiger partial charge on any atom is 0.232 e. The van der Waals surface area contributed by atoms with E-state index in [1.54, 1.807) is 23.3 Å². The molecule has 7 nitrogen and oxygen atoms in total. The van der Waals surface area contributed by atoms with E-state index >= 15 is 0 Å². The molecule has 1 aliphatic rings. The molecule has 0 spiro atoms. The van der Waals surface area contributed by atoms with E-state index in [9.17, 15) is 4.79 Å². The molecule has 4 aromatic rings. The molecule has 0 N–H and O–H groups in total. The quantitative estimate of drug-likeness (QED) is 0.417. The molecule has 0 unspecified atom stereocenters. The minimum absolute atomic E-state index is 0.0391. The number of carbonyl (C=O) groups excluding carboxylic acids is 1. The zero-order valence-electron chi connectivity index (χ0n) is 17.8. The topological polar surface area (TPSA) is 81.4 Å². The minimum Gasteiger partial charge on any atom is -0.497 e. The van der Waals surface area contributed by atoms with Crippen LogP contribution in [0.3, 0.4) is 0 Å². The van der Waals surface area contributed by atoms with Crippen molar-refractivity contribution in [2.45, 2.75) is 25.7 Å². The molecule has 0 radical (unpaired) electrons. The van der Waals surface area contributed by atoms with Gasteiger partial charge < -0.3 is 14.2 Å². The van der Waals surface area contributed by atoms with E-state index in [4.69, 9.17) is 9.26 Å². The number of amides is 1. The zero-order valence-corrected chi connectivity index (χ0v) is 18.6. The van der Waals surface area contributed by atoms with Crippen molar-refractivity contribution in [1.82, 2.24) is 15.1 Å². The standard InChI is InChI=1S/C24H22N4O3S/c1-3-21-25-20(14-32-21)15-5-4-6-16(11-15)23-26-24(31-27-23)17-12-22(29)28(13-17)18-7-9-19(30-2)10-8-18/h4-11,14,17H,3,12-13H2,1-2H3/t17-/m0/s1. The number of thiazole rings is 1. The van der Waals surface area contributed by atoms with E-state index in [0.717, 1.165) is 39.7 Å². The van der Waals surface area contributed by atoms with Crippen molar-refractivity contribution in [3.05, 3.63) is 64.8 Å². The van der Waals surface area contributed by atoms with Crippen LogP contribution in [-0.4, -0.2) is 34.7 Å². The Bertz CT molecular complexity index is 1250. The van der Waals surface area contributed by atoms with Crippen LogP contribution in [0.1, 0.15) is 30.2 Å². The second-order valence-electron chi connectivity index (χ2n) is 7.62. The van der Waals surface area contributed by atoms with Crippen molar-refractivity contribution in [1.29, 1.82) is 0 Å². The number of carbonyl (C=O) groups is 1. The summed E-state index contributed by atoms with van der Waals surface area (Å²) in [7, 11) is 1.62. The van der Waals surface area contributed by atoms with Gasteiger partial charge in [0.15, 0.2) is 0 Å². The van der Waals surface area contributed by atoms with Crippen LogP contribution in [0.5, 0.6) is 5.75 Å². The molecule has 0 bridgehead atoms. The summed E-state index contributed by atoms with van der Waals surface area (Å²) in [5, 5.41) is 7.36. The van der Waals surface area contributed by atoms with Gasteiger partial charge in [0.2, 0.25) is 17.6 Å². The summed E-state index contributed by atoms with van der Waals surface area (Å²) < 4.78 is 10.8. The first kappa shape index (κ1) is 20.4. The lowest BCUT2D eigenvalue weighted by Crippen LogP contribution is -2.24. The highest BCUT2D eigenvalue weighted by Gasteiger charge is 2.35. The van der Waals surface area contributed by atoms with Crippen LogP contribution in [0.4, 0.5) is 5.69 Å². The van der Waals surface area contributed by atoms with Gasteiger partial charge in [0, 0.05) is 35.2 Å². The Balaban J connectivity index is 1.35. The summed E-state index contributed by atoms with van der Waals surface area (Å²) in [5.74, 6) is 1.65. The van der Waals surface area contributed by atoms with Crippen molar-refractivity contribution in [3.63, 3.8) is 0 Å². The van der Waals surface area contributed by atoms with E-state index in [2.05, 4.69) is 27.4 Å². The van der Waals surface area contributed by atoms with E-state index in [1.165, 1.54) is 0 Å². The van der Waals surface area contributed by atoms with Crippen molar-refractivity contribution >= 4 is 22.9 Å². The van der Waals surface area contributed by atoms with Gasteiger partial charge in [-0.25, -0.2) is 4.98 Å². The normalized spacial score (nSPS) is 16.0. The molecule has 1 atom stereocenters. The molecule has 1 amide bonds. The van der Waals surface area contributed by atoms with Gasteiger partial charge >= 0.3 is 0 Å². The van der Waals surface area contributed by atoms with Crippen LogP contribution >= 0.6 is 11.3 Å². The second-order valence-corrected chi connectivity index (χ2v) is 8.56. The Hall–Kier alpha value is -3.52. The summed E-state index contributed by atoms with van der Waals surface area (Å²) in [5.41, 5.74) is 3.67. The van der Waals surface area contributed by atoms with Gasteiger partial charge in [-0.05, 0) is 36.8 Å². The van der Waals surface area contributed by atoms with Gasteiger partial charge in [0.25, 0.3) is 0 Å². The highest BCUT2D eigenvalue weighted by Crippen LogP contribution is 2.33. The molecule has 5 rings (SSSR count). The third-order valence-corrected chi connectivity index (χ3v) is 6.56. The fourth-order valence-corrected chi connectivity index (χ4v) is 4.58. The highest BCUT2D eigenvalue weighted by atomic mass is 32.1. The van der Waals surface area contributed by atoms with E-state index in [-0.39, 0.29) is 11.8 Å². The van der Waals surface area contributed by atoms with Crippen LogP contribution < -0.4 is 9.64 Å². The Kier molecular flexibility index (Phi) is 5.45. The predicted molar refractivity (Wildman–Crippen MR) is 123 cm³/mol. The Morgan fingerprint density at radius 2 is 1.97 bits per heavy atom. The molecule has 0 aliphatic carbocycles. The molecule has 8 heteroatoms. The van der Waals surface area contributed by atoms with Crippen molar-refractivity contribution in [2.24, 2.45) is 0 Å². The summed E-state index contributed by atoms with van der Waals surface area (Å²) in [6.45, 7) is 2.61. The molecule has 2 aromatic heterocycles. The van der Waals surface area contributed by atoms with Crippen molar-refractivity contribution in [2.75, 3.05) is 18.6 Å². The van der Waals surface area contributed by atoms with E-state index < -0.39 is 0 Å². The van der Waals surface area contributed by atoms with Gasteiger partial charge in [-0.3, -0.25) is 4.79 Å². The fraction of sp³-hybridized carbons (Fsp3) is 0.250. The Labute approximate surface area is 189 Å².